The first-order chi connectivity index (χ1) is 5.20. The van der Waals surface area contributed by atoms with Crippen LogP contribution in [0.15, 0.2) is 0 Å². The highest BCUT2D eigenvalue weighted by molar-refractivity contribution is 9.09. The zero-order chi connectivity index (χ0) is 8.69. The van der Waals surface area contributed by atoms with E-state index in [-0.39, 0.29) is 5.91 Å². The highest BCUT2D eigenvalue weighted by atomic mass is 79.9. The largest absolute Gasteiger partial charge is 0.354 e. The van der Waals surface area contributed by atoms with E-state index in [0.717, 1.165) is 13.0 Å². The summed E-state index contributed by atoms with van der Waals surface area (Å²) in [4.78, 5) is 11.3. The van der Waals surface area contributed by atoms with E-state index in [4.69, 9.17) is 0 Å². The van der Waals surface area contributed by atoms with Crippen LogP contribution in [0.25, 0.3) is 0 Å². The van der Waals surface area contributed by atoms with Gasteiger partial charge in [0.25, 0.3) is 0 Å². The summed E-state index contributed by atoms with van der Waals surface area (Å²) in [5.41, 5.74) is 0. The van der Waals surface area contributed by atoms with Crippen LogP contribution in [0.4, 0.5) is 0 Å². The molecule has 0 aromatic heterocycles. The summed E-state index contributed by atoms with van der Waals surface area (Å²) in [7, 11) is 0. The minimum Gasteiger partial charge on any atom is -0.354 e. The van der Waals surface area contributed by atoms with E-state index < -0.39 is 0 Å². The first-order valence-electron chi connectivity index (χ1n) is 3.60. The SMILES string of the molecule is CCC(Br)CNC(=O)CSC. The molecule has 0 saturated heterocycles. The van der Waals surface area contributed by atoms with Crippen LogP contribution in [0.3, 0.4) is 0 Å². The standard InChI is InChI=1S/C7H14BrNOS/c1-3-6(8)4-9-7(10)5-11-2/h6H,3-5H2,1-2H3,(H,9,10). The molecule has 66 valence electrons. The number of hydrogen-bond acceptors (Lipinski definition) is 2. The van der Waals surface area contributed by atoms with Crippen LogP contribution in [0.2, 0.25) is 0 Å². The number of carbonyl (C=O) groups excluding carboxylic acids is 1. The molecule has 0 bridgehead atoms. The number of amides is 1. The Balaban J connectivity index is 3.30. The highest BCUT2D eigenvalue weighted by Gasteiger charge is 2.03. The molecular formula is C7H14BrNOS. The summed E-state index contributed by atoms with van der Waals surface area (Å²) >= 11 is 4.98. The van der Waals surface area contributed by atoms with Crippen molar-refractivity contribution in [3.63, 3.8) is 0 Å². The van der Waals surface area contributed by atoms with Gasteiger partial charge in [0.2, 0.25) is 5.91 Å². The average molecular weight is 240 g/mol. The van der Waals surface area contributed by atoms with Gasteiger partial charge in [-0.2, -0.15) is 11.8 Å². The van der Waals surface area contributed by atoms with Gasteiger partial charge >= 0.3 is 0 Å². The highest BCUT2D eigenvalue weighted by Crippen LogP contribution is 2.01. The predicted molar refractivity (Wildman–Crippen MR) is 54.4 cm³/mol. The number of rotatable bonds is 5. The Kier molecular flexibility index (Phi) is 7.17. The molecule has 0 aromatic rings. The Morgan fingerprint density at radius 2 is 2.36 bits per heavy atom. The van der Waals surface area contributed by atoms with Crippen LogP contribution in [0, 0.1) is 0 Å². The molecule has 0 saturated carbocycles. The van der Waals surface area contributed by atoms with Crippen LogP contribution >= 0.6 is 27.7 Å². The fourth-order valence-corrected chi connectivity index (χ4v) is 1.08. The maximum absolute atomic E-state index is 10.9. The minimum atomic E-state index is 0.121. The summed E-state index contributed by atoms with van der Waals surface area (Å²) in [5.74, 6) is 0.680. The van der Waals surface area contributed by atoms with Crippen molar-refractivity contribution in [2.24, 2.45) is 0 Å². The zero-order valence-corrected chi connectivity index (χ0v) is 9.30. The Hall–Kier alpha value is 0.300. The second-order valence-corrected chi connectivity index (χ2v) is 4.40. The number of halogens is 1. The molecule has 0 heterocycles. The number of thioether (sulfide) groups is 1. The Morgan fingerprint density at radius 3 is 2.82 bits per heavy atom. The van der Waals surface area contributed by atoms with E-state index in [0.29, 0.717) is 10.6 Å². The number of carbonyl (C=O) groups is 1. The van der Waals surface area contributed by atoms with Crippen molar-refractivity contribution in [3.8, 4) is 0 Å². The third-order valence-corrected chi connectivity index (χ3v) is 2.76. The van der Waals surface area contributed by atoms with E-state index >= 15 is 0 Å². The molecule has 1 atom stereocenters. The van der Waals surface area contributed by atoms with Crippen molar-refractivity contribution in [2.75, 3.05) is 18.6 Å². The normalized spacial score (nSPS) is 12.6. The predicted octanol–water partition coefficient (Wildman–Crippen LogP) is 1.64. The van der Waals surface area contributed by atoms with Crippen molar-refractivity contribution in [3.05, 3.63) is 0 Å². The minimum absolute atomic E-state index is 0.121. The van der Waals surface area contributed by atoms with Gasteiger partial charge < -0.3 is 5.32 Å². The zero-order valence-electron chi connectivity index (χ0n) is 6.89. The molecule has 0 aliphatic rings. The summed E-state index contributed by atoms with van der Waals surface area (Å²) in [6.07, 6.45) is 2.96. The fourth-order valence-electron chi connectivity index (χ4n) is 0.551. The van der Waals surface area contributed by atoms with Crippen LogP contribution in [0.1, 0.15) is 13.3 Å². The molecule has 1 N–H and O–H groups in total. The molecule has 1 unspecified atom stereocenters. The summed E-state index contributed by atoms with van der Waals surface area (Å²) in [6.45, 7) is 2.82. The molecule has 0 fully saturated rings. The lowest BCUT2D eigenvalue weighted by Crippen LogP contribution is -2.30. The van der Waals surface area contributed by atoms with Crippen molar-refractivity contribution in [1.82, 2.24) is 5.32 Å². The lowest BCUT2D eigenvalue weighted by Gasteiger charge is -2.07. The van der Waals surface area contributed by atoms with Gasteiger partial charge in [-0.3, -0.25) is 4.79 Å². The van der Waals surface area contributed by atoms with Crippen molar-refractivity contribution < 1.29 is 4.79 Å². The molecule has 0 spiro atoms. The third-order valence-electron chi connectivity index (χ3n) is 1.24. The fraction of sp³-hybridized carbons (Fsp3) is 0.857. The maximum Gasteiger partial charge on any atom is 0.230 e. The molecule has 0 aromatic carbocycles. The Labute approximate surface area is 80.6 Å². The van der Waals surface area contributed by atoms with Gasteiger partial charge in [0.1, 0.15) is 0 Å². The number of hydrogen-bond donors (Lipinski definition) is 1. The summed E-state index contributed by atoms with van der Waals surface area (Å²) in [5, 5.41) is 2.83. The lowest BCUT2D eigenvalue weighted by molar-refractivity contribution is -0.118. The van der Waals surface area contributed by atoms with E-state index in [1.807, 2.05) is 6.26 Å². The van der Waals surface area contributed by atoms with Crippen molar-refractivity contribution in [1.29, 1.82) is 0 Å². The van der Waals surface area contributed by atoms with E-state index in [2.05, 4.69) is 28.2 Å². The number of nitrogens with one attached hydrogen (secondary N) is 1. The smallest absolute Gasteiger partial charge is 0.230 e. The molecule has 2 nitrogen and oxygen atoms in total. The summed E-state index contributed by atoms with van der Waals surface area (Å²) < 4.78 is 0. The van der Waals surface area contributed by atoms with Gasteiger partial charge in [-0.25, -0.2) is 0 Å². The summed E-state index contributed by atoms with van der Waals surface area (Å²) in [6, 6.07) is 0. The van der Waals surface area contributed by atoms with Crippen LogP contribution in [0.5, 0.6) is 0 Å². The van der Waals surface area contributed by atoms with Crippen LogP contribution < -0.4 is 5.32 Å². The second kappa shape index (κ2) is 6.98. The quantitative estimate of drug-likeness (QED) is 0.740. The molecule has 11 heavy (non-hydrogen) atoms. The van der Waals surface area contributed by atoms with Crippen molar-refractivity contribution in [2.45, 2.75) is 18.2 Å². The van der Waals surface area contributed by atoms with E-state index in [1.165, 1.54) is 0 Å². The third kappa shape index (κ3) is 6.69. The monoisotopic (exact) mass is 239 g/mol. The molecular weight excluding hydrogens is 226 g/mol. The first kappa shape index (κ1) is 11.3. The molecule has 0 radical (unpaired) electrons. The van der Waals surface area contributed by atoms with E-state index in [9.17, 15) is 4.79 Å². The van der Waals surface area contributed by atoms with Gasteiger partial charge in [0.15, 0.2) is 0 Å². The topological polar surface area (TPSA) is 29.1 Å². The molecule has 4 heteroatoms. The van der Waals surface area contributed by atoms with Gasteiger partial charge in [-0.1, -0.05) is 22.9 Å². The number of alkyl halides is 1. The second-order valence-electron chi connectivity index (χ2n) is 2.24. The Morgan fingerprint density at radius 1 is 1.73 bits per heavy atom. The maximum atomic E-state index is 10.9. The molecule has 0 aliphatic carbocycles. The van der Waals surface area contributed by atoms with Gasteiger partial charge in [0, 0.05) is 11.4 Å². The lowest BCUT2D eigenvalue weighted by atomic mass is 10.3. The molecule has 1 amide bonds. The van der Waals surface area contributed by atoms with Crippen LogP contribution in [-0.4, -0.2) is 29.3 Å². The van der Waals surface area contributed by atoms with Gasteiger partial charge in [-0.05, 0) is 12.7 Å². The first-order valence-corrected chi connectivity index (χ1v) is 5.91. The molecule has 0 rings (SSSR count). The molecule has 0 aliphatic heterocycles. The Bertz CT molecular complexity index is 121. The van der Waals surface area contributed by atoms with Gasteiger partial charge in [-0.15, -0.1) is 0 Å². The average Bonchev–Trinajstić information content (AvgIpc) is 2.01. The van der Waals surface area contributed by atoms with Crippen molar-refractivity contribution >= 4 is 33.6 Å². The van der Waals surface area contributed by atoms with Gasteiger partial charge in [0.05, 0.1) is 5.75 Å². The van der Waals surface area contributed by atoms with E-state index in [1.54, 1.807) is 11.8 Å². The van der Waals surface area contributed by atoms with Crippen LogP contribution in [-0.2, 0) is 4.79 Å².